The first kappa shape index (κ1) is 18.5. The van der Waals surface area contributed by atoms with Gasteiger partial charge < -0.3 is 5.32 Å². The molecule has 0 aromatic heterocycles. The summed E-state index contributed by atoms with van der Waals surface area (Å²) in [6.07, 6.45) is 0. The molecule has 1 fully saturated rings. The van der Waals surface area contributed by atoms with Crippen molar-refractivity contribution in [3.8, 4) is 0 Å². The lowest BCUT2D eigenvalue weighted by Crippen LogP contribution is -2.43. The summed E-state index contributed by atoms with van der Waals surface area (Å²) in [7, 11) is 0. The molecule has 7 nitrogen and oxygen atoms in total. The first-order valence-electron chi connectivity index (χ1n) is 8.25. The minimum Gasteiger partial charge on any atom is -0.319 e. The summed E-state index contributed by atoms with van der Waals surface area (Å²) >= 11 is 0. The summed E-state index contributed by atoms with van der Waals surface area (Å²) in [5.41, 5.74) is 2.13. The summed E-state index contributed by atoms with van der Waals surface area (Å²) in [4.78, 5) is 42.8. The first-order chi connectivity index (χ1) is 12.9. The van der Waals surface area contributed by atoms with Gasteiger partial charge in [-0.3, -0.25) is 19.3 Å². The number of halogens is 1. The normalized spacial score (nSPS) is 19.1. The van der Waals surface area contributed by atoms with Gasteiger partial charge in [-0.15, -0.1) is 0 Å². The van der Waals surface area contributed by atoms with Crippen molar-refractivity contribution in [3.05, 3.63) is 71.5 Å². The third kappa shape index (κ3) is 3.95. The maximum absolute atomic E-state index is 13.1. The van der Waals surface area contributed by atoms with Gasteiger partial charge in [-0.1, -0.05) is 42.5 Å². The second kappa shape index (κ2) is 7.55. The Morgan fingerprint density at radius 3 is 2.48 bits per heavy atom. The number of benzene rings is 2. The van der Waals surface area contributed by atoms with Crippen LogP contribution in [0, 0.1) is 5.82 Å². The lowest BCUT2D eigenvalue weighted by molar-refractivity contribution is -0.140. The van der Waals surface area contributed by atoms with Crippen LogP contribution < -0.4 is 10.8 Å². The van der Waals surface area contributed by atoms with E-state index in [0.29, 0.717) is 5.56 Å². The van der Waals surface area contributed by atoms with Gasteiger partial charge in [-0.2, -0.15) is 0 Å². The lowest BCUT2D eigenvalue weighted by atomic mass is 9.92. The van der Waals surface area contributed by atoms with Crippen molar-refractivity contribution in [1.82, 2.24) is 15.7 Å². The molecule has 0 bridgehead atoms. The molecule has 27 heavy (non-hydrogen) atoms. The number of nitrogens with one attached hydrogen (secondary N) is 2. The Hall–Kier alpha value is -3.26. The molecule has 2 N–H and O–H groups in total. The molecule has 8 heteroatoms. The van der Waals surface area contributed by atoms with Crippen LogP contribution in [0.5, 0.6) is 0 Å². The SMILES string of the molecule is C[C@]1(c2ccc(F)cc2)NC(=O)N(CC(=O)NOCc2ccccc2)C1=O. The zero-order valence-electron chi connectivity index (χ0n) is 14.6. The second-order valence-corrected chi connectivity index (χ2v) is 6.25. The fraction of sp³-hybridized carbons (Fsp3) is 0.211. The number of carbonyl (C=O) groups is 3. The van der Waals surface area contributed by atoms with Crippen molar-refractivity contribution in [2.24, 2.45) is 0 Å². The van der Waals surface area contributed by atoms with Crippen LogP contribution in [0.4, 0.5) is 9.18 Å². The van der Waals surface area contributed by atoms with Crippen molar-refractivity contribution >= 4 is 17.8 Å². The van der Waals surface area contributed by atoms with Crippen LogP contribution in [-0.2, 0) is 26.6 Å². The van der Waals surface area contributed by atoms with E-state index in [-0.39, 0.29) is 6.61 Å². The molecule has 4 amide bonds. The van der Waals surface area contributed by atoms with Gasteiger partial charge in [0.15, 0.2) is 0 Å². The van der Waals surface area contributed by atoms with Gasteiger partial charge in [-0.25, -0.2) is 14.7 Å². The number of carbonyl (C=O) groups excluding carboxylic acids is 3. The summed E-state index contributed by atoms with van der Waals surface area (Å²) in [6.45, 7) is 1.17. The van der Waals surface area contributed by atoms with Crippen LogP contribution in [0.3, 0.4) is 0 Å². The number of nitrogens with zero attached hydrogens (tertiary/aromatic N) is 1. The molecule has 0 spiro atoms. The minimum atomic E-state index is -1.37. The number of hydrogen-bond donors (Lipinski definition) is 2. The van der Waals surface area contributed by atoms with E-state index in [4.69, 9.17) is 4.84 Å². The molecule has 0 unspecified atom stereocenters. The van der Waals surface area contributed by atoms with E-state index in [1.807, 2.05) is 30.3 Å². The Balaban J connectivity index is 1.60. The van der Waals surface area contributed by atoms with E-state index in [0.717, 1.165) is 10.5 Å². The molecule has 140 valence electrons. The van der Waals surface area contributed by atoms with Crippen molar-refractivity contribution in [3.63, 3.8) is 0 Å². The molecule has 1 saturated heterocycles. The van der Waals surface area contributed by atoms with Crippen LogP contribution in [0.1, 0.15) is 18.1 Å². The third-order valence-corrected chi connectivity index (χ3v) is 4.27. The fourth-order valence-corrected chi connectivity index (χ4v) is 2.77. The average molecular weight is 371 g/mol. The highest BCUT2D eigenvalue weighted by Crippen LogP contribution is 2.28. The largest absolute Gasteiger partial charge is 0.325 e. The Morgan fingerprint density at radius 2 is 1.81 bits per heavy atom. The number of rotatable bonds is 6. The maximum Gasteiger partial charge on any atom is 0.325 e. The highest BCUT2D eigenvalue weighted by molar-refractivity contribution is 6.09. The summed E-state index contributed by atoms with van der Waals surface area (Å²) < 4.78 is 13.1. The van der Waals surface area contributed by atoms with Crippen LogP contribution >= 0.6 is 0 Å². The van der Waals surface area contributed by atoms with Crippen molar-refractivity contribution in [2.75, 3.05) is 6.54 Å². The van der Waals surface area contributed by atoms with E-state index in [2.05, 4.69) is 10.8 Å². The van der Waals surface area contributed by atoms with Gasteiger partial charge in [0, 0.05) is 0 Å². The smallest absolute Gasteiger partial charge is 0.319 e. The second-order valence-electron chi connectivity index (χ2n) is 6.25. The van der Waals surface area contributed by atoms with Crippen LogP contribution in [0.25, 0.3) is 0 Å². The monoisotopic (exact) mass is 371 g/mol. The van der Waals surface area contributed by atoms with E-state index >= 15 is 0 Å². The molecule has 0 aliphatic carbocycles. The standard InChI is InChI=1S/C19H18FN3O4/c1-19(14-7-9-15(20)10-8-14)17(25)23(18(26)21-19)11-16(24)22-27-12-13-5-3-2-4-6-13/h2-10H,11-12H2,1H3,(H,21,26)(H,22,24)/t19-/m1/s1. The maximum atomic E-state index is 13.1. The fourth-order valence-electron chi connectivity index (χ4n) is 2.77. The van der Waals surface area contributed by atoms with Crippen LogP contribution in [-0.4, -0.2) is 29.3 Å². The molecule has 3 rings (SSSR count). The number of imide groups is 1. The molecule has 1 aliphatic rings. The predicted molar refractivity (Wildman–Crippen MR) is 93.4 cm³/mol. The van der Waals surface area contributed by atoms with Crippen molar-refractivity contribution < 1.29 is 23.6 Å². The number of amides is 4. The first-order valence-corrected chi connectivity index (χ1v) is 8.25. The molecule has 0 saturated carbocycles. The summed E-state index contributed by atoms with van der Waals surface area (Å²) in [6, 6.07) is 13.7. The zero-order chi connectivity index (χ0) is 19.4. The molecule has 2 aromatic rings. The average Bonchev–Trinajstić information content (AvgIpc) is 2.87. The molecular formula is C19H18FN3O4. The molecule has 1 atom stereocenters. The molecule has 0 radical (unpaired) electrons. The zero-order valence-corrected chi connectivity index (χ0v) is 14.6. The van der Waals surface area contributed by atoms with Gasteiger partial charge in [-0.05, 0) is 30.2 Å². The number of hydroxylamine groups is 1. The van der Waals surface area contributed by atoms with Gasteiger partial charge in [0.05, 0.1) is 6.61 Å². The van der Waals surface area contributed by atoms with Crippen molar-refractivity contribution in [2.45, 2.75) is 19.1 Å². The van der Waals surface area contributed by atoms with Gasteiger partial charge in [0.1, 0.15) is 17.9 Å². The van der Waals surface area contributed by atoms with Gasteiger partial charge in [0.25, 0.3) is 11.8 Å². The topological polar surface area (TPSA) is 87.7 Å². The lowest BCUT2D eigenvalue weighted by Gasteiger charge is -2.22. The van der Waals surface area contributed by atoms with E-state index in [1.54, 1.807) is 0 Å². The predicted octanol–water partition coefficient (Wildman–Crippen LogP) is 1.84. The molecule has 1 aliphatic heterocycles. The quantitative estimate of drug-likeness (QED) is 0.599. The minimum absolute atomic E-state index is 0.153. The molecular weight excluding hydrogens is 353 g/mol. The Morgan fingerprint density at radius 1 is 1.15 bits per heavy atom. The third-order valence-electron chi connectivity index (χ3n) is 4.27. The van der Waals surface area contributed by atoms with E-state index in [1.165, 1.54) is 31.2 Å². The molecule has 1 heterocycles. The van der Waals surface area contributed by atoms with E-state index < -0.39 is 35.7 Å². The highest BCUT2D eigenvalue weighted by Gasteiger charge is 2.49. The summed E-state index contributed by atoms with van der Waals surface area (Å²) in [5, 5.41) is 2.55. The molecule has 2 aromatic carbocycles. The van der Waals surface area contributed by atoms with Crippen LogP contribution in [0.2, 0.25) is 0 Å². The van der Waals surface area contributed by atoms with Crippen molar-refractivity contribution in [1.29, 1.82) is 0 Å². The summed E-state index contributed by atoms with van der Waals surface area (Å²) in [5.74, 6) is -1.69. The van der Waals surface area contributed by atoms with Gasteiger partial charge >= 0.3 is 6.03 Å². The highest BCUT2D eigenvalue weighted by atomic mass is 19.1. The van der Waals surface area contributed by atoms with Gasteiger partial charge in [0.2, 0.25) is 0 Å². The number of urea groups is 1. The Labute approximate surface area is 155 Å². The Kier molecular flexibility index (Phi) is 5.18. The Bertz CT molecular complexity index is 857. The van der Waals surface area contributed by atoms with E-state index in [9.17, 15) is 18.8 Å². The van der Waals surface area contributed by atoms with Crippen LogP contribution in [0.15, 0.2) is 54.6 Å². The number of hydrogen-bond acceptors (Lipinski definition) is 4.